The second-order valence-electron chi connectivity index (χ2n) is 7.99. The molecule has 0 N–H and O–H groups in total. The maximum atomic E-state index is 2.38. The molecule has 1 unspecified atom stereocenters. The van der Waals surface area contributed by atoms with Gasteiger partial charge in [-0.25, -0.2) is 0 Å². The van der Waals surface area contributed by atoms with Crippen molar-refractivity contribution in [2.75, 3.05) is 0 Å². The molecule has 2 heterocycles. The number of thiophene rings is 2. The molecule has 0 saturated carbocycles. The van der Waals surface area contributed by atoms with Gasteiger partial charge in [0.2, 0.25) is 0 Å². The maximum Gasteiger partial charge on any atom is 0.0378 e. The lowest BCUT2D eigenvalue weighted by atomic mass is 9.92. The summed E-state index contributed by atoms with van der Waals surface area (Å²) >= 11 is 3.84. The lowest BCUT2D eigenvalue weighted by Crippen LogP contribution is -2.07. The second kappa shape index (κ2) is 6.26. The van der Waals surface area contributed by atoms with Crippen molar-refractivity contribution in [3.05, 3.63) is 69.9 Å². The predicted molar refractivity (Wildman–Crippen MR) is 114 cm³/mol. The molecule has 2 aromatic heterocycles. The smallest absolute Gasteiger partial charge is 0.0378 e. The number of fused-ring (bicyclic) bond motifs is 2. The van der Waals surface area contributed by atoms with Crippen molar-refractivity contribution in [3.63, 3.8) is 0 Å². The fraction of sp³-hybridized carbons (Fsp3) is 0.304. The van der Waals surface area contributed by atoms with Crippen LogP contribution in [-0.4, -0.2) is 0 Å². The van der Waals surface area contributed by atoms with Crippen molar-refractivity contribution in [1.29, 1.82) is 0 Å². The average molecular weight is 365 g/mol. The summed E-state index contributed by atoms with van der Waals surface area (Å²) in [5.41, 5.74) is 3.20. The Labute approximate surface area is 158 Å². The normalized spacial score (nSPS) is 13.6. The van der Waals surface area contributed by atoms with Crippen LogP contribution in [0.25, 0.3) is 20.2 Å². The summed E-state index contributed by atoms with van der Waals surface area (Å²) in [4.78, 5) is 1.48. The van der Waals surface area contributed by atoms with E-state index in [-0.39, 0.29) is 5.41 Å². The summed E-state index contributed by atoms with van der Waals surface area (Å²) in [6.07, 6.45) is 1.10. The van der Waals surface area contributed by atoms with Gasteiger partial charge in [-0.05, 0) is 57.2 Å². The molecule has 4 aromatic rings. The van der Waals surface area contributed by atoms with Crippen LogP contribution in [0.3, 0.4) is 0 Å². The Bertz CT molecular complexity index is 1030. The van der Waals surface area contributed by atoms with Gasteiger partial charge < -0.3 is 0 Å². The molecule has 25 heavy (non-hydrogen) atoms. The summed E-state index contributed by atoms with van der Waals surface area (Å²) in [7, 11) is 0. The van der Waals surface area contributed by atoms with E-state index in [0.717, 1.165) is 6.42 Å². The Kier molecular flexibility index (Phi) is 4.21. The van der Waals surface area contributed by atoms with Crippen LogP contribution in [0.15, 0.2) is 53.9 Å². The van der Waals surface area contributed by atoms with Gasteiger partial charge >= 0.3 is 0 Å². The van der Waals surface area contributed by atoms with Crippen LogP contribution in [-0.2, 0) is 11.8 Å². The van der Waals surface area contributed by atoms with Crippen LogP contribution in [0, 0.1) is 0 Å². The minimum Gasteiger partial charge on any atom is -0.144 e. The molecule has 0 radical (unpaired) electrons. The van der Waals surface area contributed by atoms with Crippen LogP contribution < -0.4 is 0 Å². The molecule has 0 fully saturated rings. The van der Waals surface area contributed by atoms with E-state index in [4.69, 9.17) is 0 Å². The van der Waals surface area contributed by atoms with Gasteiger partial charge in [-0.2, -0.15) is 0 Å². The van der Waals surface area contributed by atoms with E-state index in [2.05, 4.69) is 81.6 Å². The Balaban J connectivity index is 1.71. The first kappa shape index (κ1) is 16.8. The number of hydrogen-bond donors (Lipinski definition) is 0. The van der Waals surface area contributed by atoms with Gasteiger partial charge in [0.1, 0.15) is 0 Å². The van der Waals surface area contributed by atoms with E-state index < -0.39 is 0 Å². The fourth-order valence-corrected chi connectivity index (χ4v) is 5.80. The highest BCUT2D eigenvalue weighted by Crippen LogP contribution is 2.38. The maximum absolute atomic E-state index is 2.38. The van der Waals surface area contributed by atoms with Crippen LogP contribution in [0.5, 0.6) is 0 Å². The molecule has 2 aromatic carbocycles. The van der Waals surface area contributed by atoms with Gasteiger partial charge in [0.05, 0.1) is 0 Å². The van der Waals surface area contributed by atoms with Crippen LogP contribution in [0.1, 0.15) is 49.6 Å². The molecule has 4 rings (SSSR count). The predicted octanol–water partition coefficient (Wildman–Crippen LogP) is 7.76. The van der Waals surface area contributed by atoms with Crippen molar-refractivity contribution in [3.8, 4) is 0 Å². The number of hydrogen-bond acceptors (Lipinski definition) is 2. The molecule has 0 aliphatic rings. The molecule has 0 amide bonds. The molecule has 0 aliphatic heterocycles. The van der Waals surface area contributed by atoms with Crippen LogP contribution in [0.4, 0.5) is 0 Å². The van der Waals surface area contributed by atoms with Crippen molar-refractivity contribution < 1.29 is 0 Å². The zero-order valence-electron chi connectivity index (χ0n) is 15.3. The van der Waals surface area contributed by atoms with E-state index in [9.17, 15) is 0 Å². The van der Waals surface area contributed by atoms with Crippen LogP contribution >= 0.6 is 22.7 Å². The van der Waals surface area contributed by atoms with E-state index in [0.29, 0.717) is 5.92 Å². The zero-order valence-corrected chi connectivity index (χ0v) is 16.9. The molecule has 0 aliphatic carbocycles. The highest BCUT2D eigenvalue weighted by atomic mass is 32.1. The second-order valence-corrected chi connectivity index (χ2v) is 9.95. The van der Waals surface area contributed by atoms with Gasteiger partial charge in [-0.15, -0.1) is 22.7 Å². The Hall–Kier alpha value is -1.64. The Morgan fingerprint density at radius 3 is 2.60 bits per heavy atom. The lowest BCUT2D eigenvalue weighted by molar-refractivity contribution is 0.604. The third-order valence-corrected chi connectivity index (χ3v) is 7.57. The van der Waals surface area contributed by atoms with E-state index in [1.54, 1.807) is 0 Å². The fourth-order valence-electron chi connectivity index (χ4n) is 3.47. The molecule has 0 bridgehead atoms. The van der Waals surface area contributed by atoms with E-state index >= 15 is 0 Å². The van der Waals surface area contributed by atoms with Crippen molar-refractivity contribution in [1.82, 2.24) is 0 Å². The summed E-state index contributed by atoms with van der Waals surface area (Å²) in [5, 5.41) is 5.17. The summed E-state index contributed by atoms with van der Waals surface area (Å²) in [5.74, 6) is 0.530. The van der Waals surface area contributed by atoms with E-state index in [1.165, 1.54) is 36.2 Å². The first-order valence-corrected chi connectivity index (χ1v) is 10.6. The van der Waals surface area contributed by atoms with Gasteiger partial charge in [0, 0.05) is 14.3 Å². The Morgan fingerprint density at radius 1 is 1.00 bits per heavy atom. The largest absolute Gasteiger partial charge is 0.144 e. The summed E-state index contributed by atoms with van der Waals surface area (Å²) < 4.78 is 2.87. The standard InChI is InChI=1S/C23H24S2/c1-15(19-14-24-20-11-6-5-10-18(19)20)12-16-8-7-9-17-13-21(23(2,3)4)25-22(16)17/h5-11,13-15H,12H2,1-4H3. The first-order valence-electron chi connectivity index (χ1n) is 8.91. The highest BCUT2D eigenvalue weighted by molar-refractivity contribution is 7.19. The number of benzene rings is 2. The molecule has 1 atom stereocenters. The summed E-state index contributed by atoms with van der Waals surface area (Å²) in [6.45, 7) is 9.28. The molecular weight excluding hydrogens is 340 g/mol. The molecule has 0 saturated heterocycles. The third-order valence-electron chi connectivity index (χ3n) is 4.93. The topological polar surface area (TPSA) is 0 Å². The Morgan fingerprint density at radius 2 is 1.80 bits per heavy atom. The van der Waals surface area contributed by atoms with Gasteiger partial charge in [0.15, 0.2) is 0 Å². The molecule has 128 valence electrons. The van der Waals surface area contributed by atoms with Crippen molar-refractivity contribution in [2.24, 2.45) is 0 Å². The summed E-state index contributed by atoms with van der Waals surface area (Å²) in [6, 6.07) is 18.0. The molecule has 0 nitrogen and oxygen atoms in total. The van der Waals surface area contributed by atoms with E-state index in [1.807, 2.05) is 22.7 Å². The SMILES string of the molecule is CC(Cc1cccc2cc(C(C)(C)C)sc12)c1csc2ccccc12. The molecular formula is C23H24S2. The number of rotatable bonds is 3. The third kappa shape index (κ3) is 3.14. The highest BCUT2D eigenvalue weighted by Gasteiger charge is 2.19. The molecule has 0 spiro atoms. The van der Waals surface area contributed by atoms with Gasteiger partial charge in [-0.3, -0.25) is 0 Å². The lowest BCUT2D eigenvalue weighted by Gasteiger charge is -2.15. The monoisotopic (exact) mass is 364 g/mol. The average Bonchev–Trinajstić information content (AvgIpc) is 3.19. The zero-order chi connectivity index (χ0) is 17.6. The van der Waals surface area contributed by atoms with Crippen LogP contribution in [0.2, 0.25) is 0 Å². The van der Waals surface area contributed by atoms with Gasteiger partial charge in [0.25, 0.3) is 0 Å². The minimum atomic E-state index is 0.218. The van der Waals surface area contributed by atoms with Gasteiger partial charge in [-0.1, -0.05) is 64.1 Å². The molecule has 2 heteroatoms. The minimum absolute atomic E-state index is 0.218. The van der Waals surface area contributed by atoms with Crippen molar-refractivity contribution in [2.45, 2.75) is 45.4 Å². The quantitative estimate of drug-likeness (QED) is 0.348. The first-order chi connectivity index (χ1) is 11.9. The van der Waals surface area contributed by atoms with Crippen molar-refractivity contribution >= 4 is 42.8 Å².